The summed E-state index contributed by atoms with van der Waals surface area (Å²) in [6.45, 7) is -0.283. The Kier molecular flexibility index (Phi) is 6.75. The molecule has 0 aliphatic heterocycles. The summed E-state index contributed by atoms with van der Waals surface area (Å²) in [5.74, 6) is -8.01. The minimum Gasteiger partial charge on any atom is -0.746 e. The van der Waals surface area contributed by atoms with Crippen LogP contribution in [-0.4, -0.2) is 79.2 Å². The van der Waals surface area contributed by atoms with Crippen LogP contribution in [0.1, 0.15) is 13.3 Å². The summed E-state index contributed by atoms with van der Waals surface area (Å²) in [6.07, 6.45) is -6.10. The number of hydrogen-bond acceptors (Lipinski definition) is 5. The van der Waals surface area contributed by atoms with Crippen molar-refractivity contribution >= 4 is 16.0 Å². The first-order chi connectivity index (χ1) is 10.3. The minimum atomic E-state index is -6.01. The van der Waals surface area contributed by atoms with Gasteiger partial charge in [-0.25, -0.2) is 8.42 Å². The summed E-state index contributed by atoms with van der Waals surface area (Å²) in [6, 6.07) is 0. The maximum atomic E-state index is 12.7. The highest BCUT2D eigenvalue weighted by Crippen LogP contribution is 2.35. The number of aliphatic hydroxyl groups is 1. The van der Waals surface area contributed by atoms with Crippen LogP contribution in [0.5, 0.6) is 0 Å². The second-order valence-corrected chi connectivity index (χ2v) is 7.92. The van der Waals surface area contributed by atoms with Gasteiger partial charge in [0.25, 0.3) is 5.91 Å². The lowest BCUT2D eigenvalue weighted by atomic mass is 10.2. The number of alkyl halides is 5. The summed E-state index contributed by atoms with van der Waals surface area (Å²) in [5, 5.41) is 11.1. The highest BCUT2D eigenvalue weighted by molar-refractivity contribution is 7.86. The molecule has 0 aliphatic rings. The Hall–Kier alpha value is -1.05. The maximum absolute atomic E-state index is 12.7. The number of hydrogen-bond donors (Lipinski definition) is 2. The van der Waals surface area contributed by atoms with Crippen molar-refractivity contribution in [2.75, 3.05) is 33.7 Å². The molecule has 1 atom stereocenters. The molecule has 0 heterocycles. The van der Waals surface area contributed by atoms with Crippen LogP contribution in [-0.2, 0) is 14.9 Å². The summed E-state index contributed by atoms with van der Waals surface area (Å²) < 4.78 is 93.6. The topological polar surface area (TPSA) is 107 Å². The number of quaternary nitrogens is 1. The lowest BCUT2D eigenvalue weighted by molar-refractivity contribution is -0.894. The molecule has 0 aromatic carbocycles. The first-order valence-corrected chi connectivity index (χ1v) is 7.97. The van der Waals surface area contributed by atoms with Gasteiger partial charge in [0.05, 0.1) is 20.6 Å². The van der Waals surface area contributed by atoms with Crippen molar-refractivity contribution in [3.05, 3.63) is 0 Å². The van der Waals surface area contributed by atoms with E-state index in [1.165, 1.54) is 19.4 Å². The SMILES string of the molecule is CC(O)(C[N+](C)(C)CCCNC(=O)C(F)(F)C(F)(F)F)S(=O)(=O)[O-]. The third-order valence-electron chi connectivity index (χ3n) is 3.13. The van der Waals surface area contributed by atoms with Crippen molar-refractivity contribution < 1.29 is 49.3 Å². The van der Waals surface area contributed by atoms with E-state index in [1.54, 1.807) is 0 Å². The smallest absolute Gasteiger partial charge is 0.463 e. The zero-order valence-electron chi connectivity index (χ0n) is 13.2. The first-order valence-electron chi connectivity index (χ1n) is 6.56. The van der Waals surface area contributed by atoms with Gasteiger partial charge in [0.1, 0.15) is 16.7 Å². The molecule has 0 saturated heterocycles. The molecule has 0 spiro atoms. The standard InChI is InChI=1S/C11H19F5N2O5S/c1-9(20,24(21,22)23)7-18(2,3)6-4-5-17-8(19)10(12,13)11(14,15)16/h20H,4-7H2,1-3H3,(H-,17,19,21,22,23). The van der Waals surface area contributed by atoms with E-state index in [-0.39, 0.29) is 17.4 Å². The molecule has 0 fully saturated rings. The fourth-order valence-corrected chi connectivity index (χ4v) is 2.41. The van der Waals surface area contributed by atoms with E-state index in [2.05, 4.69) is 0 Å². The highest BCUT2D eigenvalue weighted by Gasteiger charge is 2.63. The molecule has 0 bridgehead atoms. The largest absolute Gasteiger partial charge is 0.746 e. The Balaban J connectivity index is 4.55. The van der Waals surface area contributed by atoms with Crippen molar-refractivity contribution in [1.82, 2.24) is 5.32 Å². The van der Waals surface area contributed by atoms with E-state index < -0.39 is 46.1 Å². The van der Waals surface area contributed by atoms with E-state index in [4.69, 9.17) is 0 Å². The number of nitrogens with one attached hydrogen (secondary N) is 1. The van der Waals surface area contributed by atoms with Crippen LogP contribution in [0.3, 0.4) is 0 Å². The van der Waals surface area contributed by atoms with Gasteiger partial charge < -0.3 is 19.5 Å². The molecule has 0 aromatic rings. The van der Waals surface area contributed by atoms with Crippen LogP contribution in [0, 0.1) is 0 Å². The molecule has 0 radical (unpaired) electrons. The second kappa shape index (κ2) is 7.06. The lowest BCUT2D eigenvalue weighted by Crippen LogP contribution is -2.55. The normalized spacial score (nSPS) is 16.6. The van der Waals surface area contributed by atoms with Gasteiger partial charge in [0, 0.05) is 13.0 Å². The Morgan fingerprint density at radius 2 is 1.67 bits per heavy atom. The van der Waals surface area contributed by atoms with Crippen LogP contribution in [0.2, 0.25) is 0 Å². The Morgan fingerprint density at radius 3 is 2.04 bits per heavy atom. The number of rotatable bonds is 8. The van der Waals surface area contributed by atoms with E-state index in [9.17, 15) is 44.8 Å². The van der Waals surface area contributed by atoms with Crippen LogP contribution in [0.4, 0.5) is 22.0 Å². The van der Waals surface area contributed by atoms with Crippen molar-refractivity contribution in [2.45, 2.75) is 30.4 Å². The predicted octanol–water partition coefficient (Wildman–Crippen LogP) is 0.0204. The van der Waals surface area contributed by atoms with Crippen molar-refractivity contribution in [1.29, 1.82) is 0 Å². The third kappa shape index (κ3) is 6.11. The average molecular weight is 386 g/mol. The number of amides is 1. The summed E-state index contributed by atoms with van der Waals surface area (Å²) >= 11 is 0. The van der Waals surface area contributed by atoms with Gasteiger partial charge in [-0.2, -0.15) is 22.0 Å². The second-order valence-electron chi connectivity index (χ2n) is 6.13. The van der Waals surface area contributed by atoms with Gasteiger partial charge in [-0.05, 0) is 6.92 Å². The zero-order valence-corrected chi connectivity index (χ0v) is 14.0. The van der Waals surface area contributed by atoms with Crippen LogP contribution >= 0.6 is 0 Å². The van der Waals surface area contributed by atoms with Gasteiger partial charge >= 0.3 is 12.1 Å². The summed E-state index contributed by atoms with van der Waals surface area (Å²) in [5.41, 5.74) is 0. The fourth-order valence-electron chi connectivity index (χ4n) is 1.90. The molecule has 2 N–H and O–H groups in total. The molecule has 13 heteroatoms. The number of likely N-dealkylation sites (N-methyl/N-ethyl adjacent to an activating group) is 1. The fraction of sp³-hybridized carbons (Fsp3) is 0.909. The lowest BCUT2D eigenvalue weighted by Gasteiger charge is -2.37. The Morgan fingerprint density at radius 1 is 1.21 bits per heavy atom. The average Bonchev–Trinajstić information content (AvgIpc) is 2.30. The van der Waals surface area contributed by atoms with Crippen LogP contribution < -0.4 is 5.32 Å². The van der Waals surface area contributed by atoms with E-state index in [0.717, 1.165) is 6.92 Å². The van der Waals surface area contributed by atoms with Crippen molar-refractivity contribution in [3.8, 4) is 0 Å². The van der Waals surface area contributed by atoms with Gasteiger partial charge in [0.15, 0.2) is 0 Å². The molecule has 144 valence electrons. The van der Waals surface area contributed by atoms with Crippen LogP contribution in [0.15, 0.2) is 0 Å². The van der Waals surface area contributed by atoms with Crippen LogP contribution in [0.25, 0.3) is 0 Å². The molecule has 1 amide bonds. The summed E-state index contributed by atoms with van der Waals surface area (Å²) in [7, 11) is -2.20. The Labute approximate surface area is 135 Å². The molecule has 7 nitrogen and oxygen atoms in total. The molecular formula is C11H19F5N2O5S. The summed E-state index contributed by atoms with van der Waals surface area (Å²) in [4.78, 5) is 8.27. The van der Waals surface area contributed by atoms with Crippen molar-refractivity contribution in [2.24, 2.45) is 0 Å². The monoisotopic (exact) mass is 386 g/mol. The number of halogens is 5. The minimum absolute atomic E-state index is 0.0104. The number of carbonyl (C=O) groups excluding carboxylic acids is 1. The molecular weight excluding hydrogens is 367 g/mol. The molecule has 0 aliphatic carbocycles. The van der Waals surface area contributed by atoms with Gasteiger partial charge in [-0.3, -0.25) is 4.79 Å². The van der Waals surface area contributed by atoms with E-state index in [1.807, 2.05) is 0 Å². The molecule has 0 saturated carbocycles. The number of nitrogens with zero attached hydrogens (tertiary/aromatic N) is 1. The Bertz CT molecular complexity index is 560. The quantitative estimate of drug-likeness (QED) is 0.265. The van der Waals surface area contributed by atoms with Gasteiger partial charge in [-0.15, -0.1) is 0 Å². The molecule has 0 rings (SSSR count). The first kappa shape index (κ1) is 22.9. The van der Waals surface area contributed by atoms with Crippen molar-refractivity contribution in [3.63, 3.8) is 0 Å². The van der Waals surface area contributed by atoms with E-state index >= 15 is 0 Å². The van der Waals surface area contributed by atoms with Gasteiger partial charge in [-0.1, -0.05) is 0 Å². The molecule has 1 unspecified atom stereocenters. The molecule has 0 aromatic heterocycles. The highest BCUT2D eigenvalue weighted by atomic mass is 32.2. The van der Waals surface area contributed by atoms with E-state index in [0.29, 0.717) is 0 Å². The predicted molar refractivity (Wildman–Crippen MR) is 70.8 cm³/mol. The number of carbonyl (C=O) groups is 1. The molecule has 24 heavy (non-hydrogen) atoms. The maximum Gasteiger partial charge on any atom is 0.463 e. The zero-order chi connectivity index (χ0) is 19.6. The van der Waals surface area contributed by atoms with Gasteiger partial charge in [0.2, 0.25) is 4.93 Å². The third-order valence-corrected chi connectivity index (χ3v) is 4.33.